The number of benzene rings is 2. The summed E-state index contributed by atoms with van der Waals surface area (Å²) in [6, 6.07) is 15.0. The number of rotatable bonds is 4. The van der Waals surface area contributed by atoms with E-state index in [1.165, 1.54) is 0 Å². The van der Waals surface area contributed by atoms with Crippen molar-refractivity contribution in [2.75, 3.05) is 0 Å². The van der Waals surface area contributed by atoms with Gasteiger partial charge in [-0.1, -0.05) is 53.5 Å². The average Bonchev–Trinajstić information content (AvgIpc) is 2.90. The van der Waals surface area contributed by atoms with Gasteiger partial charge in [-0.05, 0) is 41.5 Å². The highest BCUT2D eigenvalue weighted by molar-refractivity contribution is 7.71. The van der Waals surface area contributed by atoms with Gasteiger partial charge < -0.3 is 0 Å². The van der Waals surface area contributed by atoms with Gasteiger partial charge in [0.25, 0.3) is 0 Å². The molecular formula is C16H12Cl2N4S. The summed E-state index contributed by atoms with van der Waals surface area (Å²) in [4.78, 5) is 0. The number of aromatic nitrogens is 3. The average molecular weight is 363 g/mol. The van der Waals surface area contributed by atoms with E-state index in [-0.39, 0.29) is 0 Å². The third-order valence-electron chi connectivity index (χ3n) is 3.20. The van der Waals surface area contributed by atoms with Crippen molar-refractivity contribution in [1.29, 1.82) is 0 Å². The van der Waals surface area contributed by atoms with Gasteiger partial charge in [-0.15, -0.1) is 0 Å². The minimum absolute atomic E-state index is 0.495. The van der Waals surface area contributed by atoms with Crippen molar-refractivity contribution < 1.29 is 0 Å². The van der Waals surface area contributed by atoms with E-state index in [4.69, 9.17) is 35.4 Å². The summed E-state index contributed by atoms with van der Waals surface area (Å²) in [6.07, 6.45) is 3.28. The van der Waals surface area contributed by atoms with Crippen LogP contribution in [0.3, 0.4) is 0 Å². The van der Waals surface area contributed by atoms with Crippen LogP contribution in [0.4, 0.5) is 0 Å². The Labute approximate surface area is 148 Å². The molecule has 0 fully saturated rings. The van der Waals surface area contributed by atoms with Crippen LogP contribution in [0.25, 0.3) is 0 Å². The summed E-state index contributed by atoms with van der Waals surface area (Å²) >= 11 is 17.4. The van der Waals surface area contributed by atoms with Crippen molar-refractivity contribution in [1.82, 2.24) is 14.5 Å². The highest BCUT2D eigenvalue weighted by Crippen LogP contribution is 2.16. The van der Waals surface area contributed by atoms with Gasteiger partial charge in [-0.3, -0.25) is 0 Å². The molecule has 3 rings (SSSR count). The van der Waals surface area contributed by atoms with Crippen molar-refractivity contribution in [2.24, 2.45) is 5.10 Å². The molecule has 1 aromatic heterocycles. The zero-order valence-electron chi connectivity index (χ0n) is 11.9. The Bertz CT molecular complexity index is 897. The molecule has 23 heavy (non-hydrogen) atoms. The predicted octanol–water partition coefficient (Wildman–Crippen LogP) is 4.65. The molecule has 0 aliphatic heterocycles. The summed E-state index contributed by atoms with van der Waals surface area (Å²) in [5.41, 5.74) is 1.88. The first-order valence-electron chi connectivity index (χ1n) is 6.81. The van der Waals surface area contributed by atoms with E-state index in [2.05, 4.69) is 10.2 Å². The van der Waals surface area contributed by atoms with Crippen LogP contribution in [0.1, 0.15) is 11.1 Å². The van der Waals surface area contributed by atoms with Gasteiger partial charge in [-0.2, -0.15) is 14.9 Å². The standard InChI is InChI=1S/C16H12Cl2N4S/c17-14-7-5-12(6-8-14)9-19-22-11-20-21(16(22)23)10-13-3-1-2-4-15(13)18/h1-9,11H,10H2. The summed E-state index contributed by atoms with van der Waals surface area (Å²) in [5.74, 6) is 0. The molecule has 0 N–H and O–H groups in total. The highest BCUT2D eigenvalue weighted by Gasteiger charge is 2.04. The van der Waals surface area contributed by atoms with Gasteiger partial charge in [0.2, 0.25) is 4.77 Å². The monoisotopic (exact) mass is 362 g/mol. The Morgan fingerprint density at radius 2 is 1.83 bits per heavy atom. The normalized spacial score (nSPS) is 11.2. The molecule has 0 bridgehead atoms. The third kappa shape index (κ3) is 3.88. The molecule has 1 heterocycles. The summed E-state index contributed by atoms with van der Waals surface area (Å²) < 4.78 is 3.71. The highest BCUT2D eigenvalue weighted by atomic mass is 35.5. The van der Waals surface area contributed by atoms with Crippen molar-refractivity contribution in [3.8, 4) is 0 Å². The van der Waals surface area contributed by atoms with Crippen LogP contribution in [0, 0.1) is 4.77 Å². The van der Waals surface area contributed by atoms with Crippen LogP contribution in [0.2, 0.25) is 10.0 Å². The van der Waals surface area contributed by atoms with E-state index >= 15 is 0 Å². The Kier molecular flexibility index (Phi) is 4.91. The zero-order chi connectivity index (χ0) is 16.2. The second-order valence-electron chi connectivity index (χ2n) is 4.80. The van der Waals surface area contributed by atoms with E-state index in [9.17, 15) is 0 Å². The Balaban J connectivity index is 1.81. The molecular weight excluding hydrogens is 351 g/mol. The summed E-state index contributed by atoms with van der Waals surface area (Å²) in [5, 5.41) is 9.95. The molecule has 0 unspecified atom stereocenters. The lowest BCUT2D eigenvalue weighted by Gasteiger charge is -2.03. The number of hydrogen-bond donors (Lipinski definition) is 0. The predicted molar refractivity (Wildman–Crippen MR) is 96.0 cm³/mol. The Hall–Kier alpha value is -1.95. The first-order chi connectivity index (χ1) is 11.1. The first kappa shape index (κ1) is 15.9. The van der Waals surface area contributed by atoms with Gasteiger partial charge in [-0.25, -0.2) is 4.68 Å². The Morgan fingerprint density at radius 1 is 1.09 bits per heavy atom. The topological polar surface area (TPSA) is 35.1 Å². The number of nitrogens with zero attached hydrogens (tertiary/aromatic N) is 4. The fourth-order valence-electron chi connectivity index (χ4n) is 1.98. The molecule has 116 valence electrons. The largest absolute Gasteiger partial charge is 0.232 e. The van der Waals surface area contributed by atoms with Crippen molar-refractivity contribution in [2.45, 2.75) is 6.54 Å². The molecule has 0 atom stereocenters. The second-order valence-corrected chi connectivity index (χ2v) is 6.01. The molecule has 3 aromatic rings. The maximum atomic E-state index is 6.16. The van der Waals surface area contributed by atoms with Crippen molar-refractivity contribution in [3.63, 3.8) is 0 Å². The minimum Gasteiger partial charge on any atom is -0.232 e. The fourth-order valence-corrected chi connectivity index (χ4v) is 2.51. The van der Waals surface area contributed by atoms with Crippen LogP contribution in [0.5, 0.6) is 0 Å². The number of halogens is 2. The van der Waals surface area contributed by atoms with Crippen molar-refractivity contribution >= 4 is 41.6 Å². The van der Waals surface area contributed by atoms with E-state index in [0.717, 1.165) is 11.1 Å². The third-order valence-corrected chi connectivity index (χ3v) is 4.21. The Morgan fingerprint density at radius 3 is 2.57 bits per heavy atom. The summed E-state index contributed by atoms with van der Waals surface area (Å²) in [7, 11) is 0. The van der Waals surface area contributed by atoms with Gasteiger partial charge in [0.1, 0.15) is 6.33 Å². The van der Waals surface area contributed by atoms with E-state index in [0.29, 0.717) is 21.4 Å². The maximum absolute atomic E-state index is 6.16. The molecule has 7 heteroatoms. The number of hydrogen-bond acceptors (Lipinski definition) is 3. The molecule has 2 aromatic carbocycles. The smallest absolute Gasteiger partial charge is 0.219 e. The summed E-state index contributed by atoms with van der Waals surface area (Å²) in [6.45, 7) is 0.502. The van der Waals surface area contributed by atoms with Crippen LogP contribution in [0.15, 0.2) is 60.0 Å². The maximum Gasteiger partial charge on any atom is 0.219 e. The molecule has 4 nitrogen and oxygen atoms in total. The molecule has 0 spiro atoms. The molecule has 0 amide bonds. The zero-order valence-corrected chi connectivity index (χ0v) is 14.3. The van der Waals surface area contributed by atoms with Crippen LogP contribution in [-0.4, -0.2) is 20.7 Å². The molecule has 0 aliphatic rings. The van der Waals surface area contributed by atoms with Gasteiger partial charge in [0, 0.05) is 10.0 Å². The van der Waals surface area contributed by atoms with Crippen LogP contribution >= 0.6 is 35.4 Å². The van der Waals surface area contributed by atoms with Gasteiger partial charge in [0.05, 0.1) is 12.8 Å². The second kappa shape index (κ2) is 7.08. The minimum atomic E-state index is 0.495. The SMILES string of the molecule is S=c1n(N=Cc2ccc(Cl)cc2)cnn1Cc1ccccc1Cl. The molecule has 0 radical (unpaired) electrons. The lowest BCUT2D eigenvalue weighted by Crippen LogP contribution is -2.03. The molecule has 0 saturated carbocycles. The van der Waals surface area contributed by atoms with E-state index in [1.807, 2.05) is 48.5 Å². The van der Waals surface area contributed by atoms with E-state index in [1.54, 1.807) is 21.9 Å². The van der Waals surface area contributed by atoms with E-state index < -0.39 is 0 Å². The van der Waals surface area contributed by atoms with Crippen LogP contribution < -0.4 is 0 Å². The van der Waals surface area contributed by atoms with Crippen molar-refractivity contribution in [3.05, 3.63) is 80.8 Å². The van der Waals surface area contributed by atoms with Crippen LogP contribution in [-0.2, 0) is 6.54 Å². The molecule has 0 aliphatic carbocycles. The van der Waals surface area contributed by atoms with Gasteiger partial charge in [0.15, 0.2) is 0 Å². The lowest BCUT2D eigenvalue weighted by atomic mass is 10.2. The quantitative estimate of drug-likeness (QED) is 0.500. The van der Waals surface area contributed by atoms with Gasteiger partial charge >= 0.3 is 0 Å². The molecule has 0 saturated heterocycles. The fraction of sp³-hybridized carbons (Fsp3) is 0.0625. The lowest BCUT2D eigenvalue weighted by molar-refractivity contribution is 0.666. The first-order valence-corrected chi connectivity index (χ1v) is 7.98.